The first-order chi connectivity index (χ1) is 17.8. The Bertz CT molecular complexity index is 1610. The van der Waals surface area contributed by atoms with Crippen molar-refractivity contribution in [3.8, 4) is 11.3 Å². The van der Waals surface area contributed by atoms with Gasteiger partial charge in [-0.15, -0.1) is 0 Å². The second-order valence-electron chi connectivity index (χ2n) is 11.1. The molecular weight excluding hydrogens is 428 g/mol. The molecule has 4 aromatic rings. The normalized spacial score (nSPS) is 17.7. The number of aromatic nitrogens is 1. The Morgan fingerprint density at radius 2 is 1.74 bits per heavy atom. The third-order valence-electron chi connectivity index (χ3n) is 7.25. The summed E-state index contributed by atoms with van der Waals surface area (Å²) in [5, 5.41) is 1.89. The molecule has 0 atom stereocenters. The lowest BCUT2D eigenvalue weighted by Gasteiger charge is -2.23. The average molecular weight is 469 g/mol. The monoisotopic (exact) mass is 468 g/mol. The van der Waals surface area contributed by atoms with Crippen LogP contribution in [-0.4, -0.2) is 0 Å². The summed E-state index contributed by atoms with van der Waals surface area (Å²) in [6, 6.07) is 11.9. The van der Waals surface area contributed by atoms with E-state index in [1.165, 1.54) is 0 Å². The van der Waals surface area contributed by atoms with Crippen molar-refractivity contribution >= 4 is 27.6 Å². The Morgan fingerprint density at radius 1 is 1.06 bits per heavy atom. The SMILES string of the molecule is [2H]C1(c2c([N+]#[C-])ccc3c2oc2c(-c4cc(C([2H])([2H])C(C)(C)C)cc(C)[n+]4C)c(C)ccc23)CCCCC1. The van der Waals surface area contributed by atoms with Gasteiger partial charge < -0.3 is 4.42 Å². The Hall–Kier alpha value is -3.12. The van der Waals surface area contributed by atoms with Crippen LogP contribution in [0.4, 0.5) is 5.69 Å². The molecule has 0 amide bonds. The van der Waals surface area contributed by atoms with Crippen LogP contribution in [0.2, 0.25) is 0 Å². The van der Waals surface area contributed by atoms with Crippen LogP contribution in [0.1, 0.15) is 85.3 Å². The molecule has 35 heavy (non-hydrogen) atoms. The van der Waals surface area contributed by atoms with Crippen molar-refractivity contribution in [1.29, 1.82) is 0 Å². The first kappa shape index (κ1) is 20.1. The first-order valence-electron chi connectivity index (χ1n) is 14.2. The Morgan fingerprint density at radius 3 is 2.43 bits per heavy atom. The minimum Gasteiger partial charge on any atom is -0.456 e. The Balaban J connectivity index is 1.85. The third kappa shape index (κ3) is 4.25. The molecule has 1 aliphatic carbocycles. The second kappa shape index (κ2) is 8.83. The van der Waals surface area contributed by atoms with Crippen LogP contribution in [0.3, 0.4) is 0 Å². The van der Waals surface area contributed by atoms with E-state index in [9.17, 15) is 1.37 Å². The molecule has 0 saturated heterocycles. The molecule has 3 nitrogen and oxygen atoms in total. The van der Waals surface area contributed by atoms with Crippen LogP contribution in [0, 0.1) is 25.8 Å². The molecule has 1 saturated carbocycles. The van der Waals surface area contributed by atoms with Gasteiger partial charge in [-0.1, -0.05) is 64.3 Å². The van der Waals surface area contributed by atoms with E-state index in [4.69, 9.17) is 13.7 Å². The van der Waals surface area contributed by atoms with Gasteiger partial charge in [-0.05, 0) is 48.6 Å². The van der Waals surface area contributed by atoms with Crippen LogP contribution in [-0.2, 0) is 13.4 Å². The van der Waals surface area contributed by atoms with Crippen molar-refractivity contribution in [2.45, 2.75) is 79.0 Å². The zero-order valence-corrected chi connectivity index (χ0v) is 21.8. The van der Waals surface area contributed by atoms with Gasteiger partial charge in [-0.3, -0.25) is 0 Å². The number of hydrogen-bond acceptors (Lipinski definition) is 1. The number of benzene rings is 2. The molecule has 0 spiro atoms. The molecule has 0 aliphatic heterocycles. The minimum absolute atomic E-state index is 0.508. The van der Waals surface area contributed by atoms with Gasteiger partial charge in [0.25, 0.3) is 0 Å². The highest BCUT2D eigenvalue weighted by atomic mass is 16.3. The van der Waals surface area contributed by atoms with Gasteiger partial charge >= 0.3 is 0 Å². The Kier molecular flexibility index (Phi) is 5.07. The van der Waals surface area contributed by atoms with Crippen LogP contribution < -0.4 is 4.57 Å². The van der Waals surface area contributed by atoms with Crippen LogP contribution in [0.15, 0.2) is 40.8 Å². The molecule has 0 N–H and O–H groups in total. The zero-order chi connectivity index (χ0) is 27.6. The summed E-state index contributed by atoms with van der Waals surface area (Å²) in [7, 11) is 2.01. The van der Waals surface area contributed by atoms with Crippen LogP contribution >= 0.6 is 0 Å². The van der Waals surface area contributed by atoms with Gasteiger partial charge in [-0.2, -0.15) is 4.57 Å². The van der Waals surface area contributed by atoms with E-state index in [0.29, 0.717) is 16.8 Å². The van der Waals surface area contributed by atoms with Crippen LogP contribution in [0.5, 0.6) is 0 Å². The molecular formula is C32H37N2O+. The fourth-order valence-corrected chi connectivity index (χ4v) is 5.52. The molecule has 5 rings (SSSR count). The lowest BCUT2D eigenvalue weighted by Crippen LogP contribution is -2.35. The van der Waals surface area contributed by atoms with Crippen molar-refractivity contribution in [3.63, 3.8) is 0 Å². The van der Waals surface area contributed by atoms with Crippen molar-refractivity contribution in [3.05, 3.63) is 70.2 Å². The van der Waals surface area contributed by atoms with E-state index < -0.39 is 17.7 Å². The molecule has 3 heteroatoms. The maximum absolute atomic E-state index is 9.39. The van der Waals surface area contributed by atoms with E-state index in [-0.39, 0.29) is 0 Å². The van der Waals surface area contributed by atoms with Crippen molar-refractivity contribution in [2.75, 3.05) is 0 Å². The highest BCUT2D eigenvalue weighted by molar-refractivity contribution is 6.11. The summed E-state index contributed by atoms with van der Waals surface area (Å²) in [5.74, 6) is -0.829. The van der Waals surface area contributed by atoms with E-state index in [1.54, 1.807) is 0 Å². The van der Waals surface area contributed by atoms with E-state index in [1.807, 2.05) is 59.0 Å². The number of furan rings is 1. The zero-order valence-electron chi connectivity index (χ0n) is 24.8. The van der Waals surface area contributed by atoms with E-state index >= 15 is 0 Å². The fourth-order valence-electron chi connectivity index (χ4n) is 5.52. The smallest absolute Gasteiger partial charge is 0.216 e. The second-order valence-corrected chi connectivity index (χ2v) is 11.1. The number of pyridine rings is 1. The van der Waals surface area contributed by atoms with Gasteiger partial charge in [0.1, 0.15) is 18.2 Å². The summed E-state index contributed by atoms with van der Waals surface area (Å²) in [6.07, 6.45) is 3.03. The summed E-state index contributed by atoms with van der Waals surface area (Å²) in [5.41, 5.74) is 6.48. The predicted molar refractivity (Wildman–Crippen MR) is 145 cm³/mol. The van der Waals surface area contributed by atoms with Crippen molar-refractivity contribution in [1.82, 2.24) is 0 Å². The number of aryl methyl sites for hydroxylation is 2. The van der Waals surface area contributed by atoms with Gasteiger partial charge in [-0.25, -0.2) is 4.85 Å². The molecule has 1 aliphatic rings. The predicted octanol–water partition coefficient (Wildman–Crippen LogP) is 8.88. The molecule has 2 aromatic carbocycles. The molecule has 2 aromatic heterocycles. The minimum atomic E-state index is -1.53. The molecule has 2 heterocycles. The summed E-state index contributed by atoms with van der Waals surface area (Å²) in [4.78, 5) is 3.82. The standard InChI is InChI=1S/C32H37N2O/c1-20-13-14-24-25-15-16-26(33-6)29(23-11-9-8-10-12-23)31(25)35-30(24)28(20)27-18-22(19-32(3,4)5)17-21(2)34(27)7/h13-18,23H,8-12,19H2,1-5,7H3/q+1/i19D2,23D. The number of hydrogen-bond donors (Lipinski definition) is 0. The maximum atomic E-state index is 9.39. The highest BCUT2D eigenvalue weighted by Crippen LogP contribution is 2.46. The summed E-state index contributed by atoms with van der Waals surface area (Å²) in [6.45, 7) is 17.7. The first-order valence-corrected chi connectivity index (χ1v) is 12.7. The van der Waals surface area contributed by atoms with Gasteiger partial charge in [0, 0.05) is 39.5 Å². The number of fused-ring (bicyclic) bond motifs is 3. The lowest BCUT2D eigenvalue weighted by molar-refractivity contribution is -0.666. The van der Waals surface area contributed by atoms with Gasteiger partial charge in [0.15, 0.2) is 11.4 Å². The Labute approximate surface area is 213 Å². The largest absolute Gasteiger partial charge is 0.456 e. The van der Waals surface area contributed by atoms with Gasteiger partial charge in [0.05, 0.1) is 12.1 Å². The summed E-state index contributed by atoms with van der Waals surface area (Å²) < 4.78 is 36.1. The average Bonchev–Trinajstić information content (AvgIpc) is 3.23. The maximum Gasteiger partial charge on any atom is 0.216 e. The molecule has 0 radical (unpaired) electrons. The highest BCUT2D eigenvalue weighted by Gasteiger charge is 2.27. The fraction of sp³-hybridized carbons (Fsp3) is 0.438. The van der Waals surface area contributed by atoms with Crippen molar-refractivity contribution < 1.29 is 13.1 Å². The quantitative estimate of drug-likeness (QED) is 0.217. The molecule has 0 unspecified atom stereocenters. The number of rotatable bonds is 3. The molecule has 1 fully saturated rings. The molecule has 0 bridgehead atoms. The number of nitrogens with zero attached hydrogens (tertiary/aromatic N) is 2. The van der Waals surface area contributed by atoms with E-state index in [0.717, 1.165) is 76.5 Å². The van der Waals surface area contributed by atoms with Gasteiger partial charge in [0.2, 0.25) is 5.69 Å². The van der Waals surface area contributed by atoms with Crippen molar-refractivity contribution in [2.24, 2.45) is 12.5 Å². The third-order valence-corrected chi connectivity index (χ3v) is 7.25. The lowest BCUT2D eigenvalue weighted by atomic mass is 9.82. The summed E-state index contributed by atoms with van der Waals surface area (Å²) >= 11 is 0. The topological polar surface area (TPSA) is 21.4 Å². The van der Waals surface area contributed by atoms with E-state index in [2.05, 4.69) is 28.5 Å². The van der Waals surface area contributed by atoms with Crippen LogP contribution in [0.25, 0.3) is 38.0 Å². The molecule has 180 valence electrons.